The summed E-state index contributed by atoms with van der Waals surface area (Å²) in [5.74, 6) is 1.16. The summed E-state index contributed by atoms with van der Waals surface area (Å²) in [6.07, 6.45) is 6.01. The minimum Gasteiger partial charge on any atom is -0.465 e. The highest BCUT2D eigenvalue weighted by atomic mass is 32.2. The summed E-state index contributed by atoms with van der Waals surface area (Å²) in [6, 6.07) is 5.43. The number of esters is 1. The van der Waals surface area contributed by atoms with Crippen LogP contribution in [0.2, 0.25) is 0 Å². The van der Waals surface area contributed by atoms with Gasteiger partial charge >= 0.3 is 5.97 Å². The van der Waals surface area contributed by atoms with Gasteiger partial charge in [-0.3, -0.25) is 4.72 Å². The molecule has 3 rings (SSSR count). The zero-order chi connectivity index (χ0) is 16.9. The normalized spacial score (nSPS) is 17.9. The first-order valence-electron chi connectivity index (χ1n) is 8.06. The monoisotopic (exact) mass is 346 g/mol. The van der Waals surface area contributed by atoms with Crippen LogP contribution in [0.3, 0.4) is 0 Å². The summed E-state index contributed by atoms with van der Waals surface area (Å²) in [7, 11) is 1.39. The van der Waals surface area contributed by atoms with Gasteiger partial charge in [0.15, 0.2) is 0 Å². The van der Waals surface area contributed by atoms with Gasteiger partial charge in [-0.1, -0.05) is 11.9 Å². The number of carbonyl (C=O) groups is 1. The molecule has 7 heteroatoms. The van der Waals surface area contributed by atoms with Gasteiger partial charge in [0.2, 0.25) is 0 Å². The van der Waals surface area contributed by atoms with Crippen LogP contribution in [0.15, 0.2) is 24.5 Å². The Morgan fingerprint density at radius 1 is 1.46 bits per heavy atom. The molecular formula is C17H22N4O2S. The van der Waals surface area contributed by atoms with E-state index < -0.39 is 0 Å². The molecule has 1 aromatic heterocycles. The maximum absolute atomic E-state index is 11.8. The molecule has 1 aliphatic heterocycles. The third-order valence-corrected chi connectivity index (χ3v) is 4.83. The van der Waals surface area contributed by atoms with Crippen molar-refractivity contribution in [2.45, 2.75) is 12.8 Å². The molecular weight excluding hydrogens is 324 g/mol. The van der Waals surface area contributed by atoms with Crippen molar-refractivity contribution in [3.05, 3.63) is 30.1 Å². The average molecular weight is 346 g/mol. The molecule has 1 atom stereocenters. The molecule has 128 valence electrons. The number of methoxy groups -OCH3 is 1. The summed E-state index contributed by atoms with van der Waals surface area (Å²) in [5.41, 5.74) is 1.37. The molecule has 0 spiro atoms. The molecule has 24 heavy (non-hydrogen) atoms. The van der Waals surface area contributed by atoms with Crippen LogP contribution in [-0.4, -0.2) is 48.9 Å². The highest BCUT2D eigenvalue weighted by Gasteiger charge is 2.22. The second-order valence-electron chi connectivity index (χ2n) is 5.93. The van der Waals surface area contributed by atoms with E-state index in [1.165, 1.54) is 13.5 Å². The van der Waals surface area contributed by atoms with Crippen LogP contribution in [-0.2, 0) is 4.74 Å². The Labute approximate surface area is 146 Å². The predicted molar refractivity (Wildman–Crippen MR) is 97.3 cm³/mol. The first kappa shape index (κ1) is 17.0. The van der Waals surface area contributed by atoms with Gasteiger partial charge in [-0.05, 0) is 43.2 Å². The first-order valence-corrected chi connectivity index (χ1v) is 9.29. The molecule has 0 radical (unpaired) electrons. The molecule has 6 nitrogen and oxygen atoms in total. The van der Waals surface area contributed by atoms with E-state index in [2.05, 4.69) is 19.6 Å². The Balaban J connectivity index is 1.91. The second kappa shape index (κ2) is 7.81. The predicted octanol–water partition coefficient (Wildman–Crippen LogP) is 2.50. The van der Waals surface area contributed by atoms with Crippen LogP contribution in [0.1, 0.15) is 23.2 Å². The van der Waals surface area contributed by atoms with Gasteiger partial charge in [-0.25, -0.2) is 14.8 Å². The number of nitrogens with zero attached hydrogens (tertiary/aromatic N) is 3. The number of rotatable bonds is 5. The third kappa shape index (κ3) is 3.62. The van der Waals surface area contributed by atoms with E-state index in [0.717, 1.165) is 42.8 Å². The number of ether oxygens (including phenoxy) is 1. The third-order valence-electron chi connectivity index (χ3n) is 4.37. The molecule has 1 aliphatic rings. The number of carbonyl (C=O) groups excluding carboxylic acids is 1. The fraction of sp³-hybridized carbons (Fsp3) is 0.471. The van der Waals surface area contributed by atoms with Crippen molar-refractivity contribution in [1.82, 2.24) is 14.7 Å². The highest BCUT2D eigenvalue weighted by molar-refractivity contribution is 7.96. The molecule has 1 saturated heterocycles. The highest BCUT2D eigenvalue weighted by Crippen LogP contribution is 2.28. The molecule has 0 bridgehead atoms. The number of aromatic nitrogens is 2. The van der Waals surface area contributed by atoms with Crippen LogP contribution in [0.25, 0.3) is 10.9 Å². The van der Waals surface area contributed by atoms with Gasteiger partial charge in [-0.2, -0.15) is 0 Å². The zero-order valence-corrected chi connectivity index (χ0v) is 14.8. The Morgan fingerprint density at radius 2 is 2.33 bits per heavy atom. The standard InChI is InChI=1S/C17H22N4O2S/c1-23-17(22)13-5-6-15-14(8-13)16(19-11-18-15)21-7-3-4-12(10-21)9-20-24-2/h5-6,8,11-12,20H,3-4,7,9-10H2,1-2H3. The number of hydrogen-bond acceptors (Lipinski definition) is 7. The van der Waals surface area contributed by atoms with E-state index in [1.54, 1.807) is 24.3 Å². The summed E-state index contributed by atoms with van der Waals surface area (Å²) in [5, 5.41) is 0.902. The van der Waals surface area contributed by atoms with Crippen molar-refractivity contribution >= 4 is 34.6 Å². The van der Waals surface area contributed by atoms with Crippen molar-refractivity contribution < 1.29 is 9.53 Å². The van der Waals surface area contributed by atoms with Gasteiger partial charge in [-0.15, -0.1) is 0 Å². The van der Waals surface area contributed by atoms with Crippen molar-refractivity contribution in [1.29, 1.82) is 0 Å². The lowest BCUT2D eigenvalue weighted by Crippen LogP contribution is -2.39. The van der Waals surface area contributed by atoms with E-state index in [9.17, 15) is 4.79 Å². The van der Waals surface area contributed by atoms with Crippen molar-refractivity contribution in [3.63, 3.8) is 0 Å². The van der Waals surface area contributed by atoms with E-state index in [4.69, 9.17) is 4.74 Å². The molecule has 1 aromatic carbocycles. The Hall–Kier alpha value is -1.86. The van der Waals surface area contributed by atoms with Crippen LogP contribution >= 0.6 is 11.9 Å². The smallest absolute Gasteiger partial charge is 0.337 e. The Kier molecular flexibility index (Phi) is 5.52. The fourth-order valence-electron chi connectivity index (χ4n) is 3.17. The van der Waals surface area contributed by atoms with E-state index >= 15 is 0 Å². The van der Waals surface area contributed by atoms with E-state index in [1.807, 2.05) is 18.4 Å². The number of benzene rings is 1. The SMILES string of the molecule is COC(=O)c1ccc2ncnc(N3CCCC(CNSC)C3)c2c1. The maximum Gasteiger partial charge on any atom is 0.337 e. The number of hydrogen-bond donors (Lipinski definition) is 1. The summed E-state index contributed by atoms with van der Waals surface area (Å²) >= 11 is 1.66. The molecule has 0 aliphatic carbocycles. The first-order chi connectivity index (χ1) is 11.7. The largest absolute Gasteiger partial charge is 0.465 e. The van der Waals surface area contributed by atoms with Crippen LogP contribution < -0.4 is 9.62 Å². The lowest BCUT2D eigenvalue weighted by atomic mass is 9.98. The summed E-state index contributed by atoms with van der Waals surface area (Å²) in [4.78, 5) is 23.0. The second-order valence-corrected chi connectivity index (χ2v) is 6.62. The lowest BCUT2D eigenvalue weighted by Gasteiger charge is -2.34. The molecule has 0 saturated carbocycles. The molecule has 0 amide bonds. The molecule has 1 unspecified atom stereocenters. The molecule has 2 aromatic rings. The minimum atomic E-state index is -0.340. The van der Waals surface area contributed by atoms with Gasteiger partial charge in [0.05, 0.1) is 18.2 Å². The van der Waals surface area contributed by atoms with Gasteiger partial charge < -0.3 is 9.64 Å². The molecule has 1 N–H and O–H groups in total. The van der Waals surface area contributed by atoms with Crippen LogP contribution in [0.4, 0.5) is 5.82 Å². The topological polar surface area (TPSA) is 67.3 Å². The van der Waals surface area contributed by atoms with Crippen molar-refractivity contribution in [2.24, 2.45) is 5.92 Å². The van der Waals surface area contributed by atoms with E-state index in [-0.39, 0.29) is 5.97 Å². The van der Waals surface area contributed by atoms with Crippen molar-refractivity contribution in [2.75, 3.05) is 37.9 Å². The summed E-state index contributed by atoms with van der Waals surface area (Å²) < 4.78 is 8.18. The Bertz CT molecular complexity index is 725. The van der Waals surface area contributed by atoms with Gasteiger partial charge in [0, 0.05) is 25.0 Å². The molecule has 2 heterocycles. The fourth-order valence-corrected chi connectivity index (χ4v) is 3.57. The van der Waals surface area contributed by atoms with Gasteiger partial charge in [0.1, 0.15) is 12.1 Å². The lowest BCUT2D eigenvalue weighted by molar-refractivity contribution is 0.0601. The minimum absolute atomic E-state index is 0.340. The average Bonchev–Trinajstić information content (AvgIpc) is 2.65. The maximum atomic E-state index is 11.8. The number of nitrogens with one attached hydrogen (secondary N) is 1. The summed E-state index contributed by atoms with van der Waals surface area (Å²) in [6.45, 7) is 2.93. The van der Waals surface area contributed by atoms with Crippen LogP contribution in [0.5, 0.6) is 0 Å². The van der Waals surface area contributed by atoms with Gasteiger partial charge in [0.25, 0.3) is 0 Å². The number of anilines is 1. The van der Waals surface area contributed by atoms with E-state index in [0.29, 0.717) is 11.5 Å². The van der Waals surface area contributed by atoms with Crippen molar-refractivity contribution in [3.8, 4) is 0 Å². The molecule has 1 fully saturated rings. The zero-order valence-electron chi connectivity index (χ0n) is 14.0. The quantitative estimate of drug-likeness (QED) is 0.659. The van der Waals surface area contributed by atoms with Crippen LogP contribution in [0, 0.1) is 5.92 Å². The number of fused-ring (bicyclic) bond motifs is 1. The Morgan fingerprint density at radius 3 is 3.12 bits per heavy atom. The number of piperidine rings is 1.